The Morgan fingerprint density at radius 1 is 1.43 bits per heavy atom. The molecule has 0 bridgehead atoms. The zero-order valence-corrected chi connectivity index (χ0v) is 12.3. The zero-order valence-electron chi connectivity index (χ0n) is 11.4. The van der Waals surface area contributed by atoms with Gasteiger partial charge in [-0.15, -0.1) is 11.3 Å². The van der Waals surface area contributed by atoms with Gasteiger partial charge in [-0.2, -0.15) is 8.78 Å². The zero-order chi connectivity index (χ0) is 15.6. The largest absolute Gasteiger partial charge is 0.432 e. The summed E-state index contributed by atoms with van der Waals surface area (Å²) in [4.78, 5) is 6.87. The second kappa shape index (κ2) is 6.21. The maximum Gasteiger partial charge on any atom is 0.387 e. The molecule has 114 valence electrons. The molecule has 8 heteroatoms. The summed E-state index contributed by atoms with van der Waals surface area (Å²) in [5.74, 6) is -1.44. The molecule has 0 aliphatic rings. The molecule has 0 amide bonds. The molecule has 4 nitrogen and oxygen atoms in total. The molecule has 0 spiro atoms. The molecule has 1 aromatic heterocycles. The molecule has 2 N–H and O–H groups in total. The van der Waals surface area contributed by atoms with Gasteiger partial charge in [-0.1, -0.05) is 0 Å². The molecule has 1 aromatic carbocycles. The van der Waals surface area contributed by atoms with Crippen LogP contribution in [0.1, 0.15) is 10.6 Å². The first-order chi connectivity index (χ1) is 9.88. The molecule has 2 aromatic rings. The average Bonchev–Trinajstić information content (AvgIpc) is 2.78. The lowest BCUT2D eigenvalue weighted by Gasteiger charge is -2.21. The van der Waals surface area contributed by atoms with Crippen molar-refractivity contribution < 1.29 is 17.9 Å². The van der Waals surface area contributed by atoms with Crippen LogP contribution in [0.4, 0.5) is 24.5 Å². The fraction of sp³-hybridized carbons (Fsp3) is 0.308. The van der Waals surface area contributed by atoms with Crippen LogP contribution in [0.5, 0.6) is 5.75 Å². The van der Waals surface area contributed by atoms with Crippen molar-refractivity contribution in [1.82, 2.24) is 4.98 Å². The molecular weight excluding hydrogens is 303 g/mol. The fourth-order valence-electron chi connectivity index (χ4n) is 1.85. The number of aromatic nitrogens is 1. The van der Waals surface area contributed by atoms with Crippen molar-refractivity contribution in [2.75, 3.05) is 17.7 Å². The molecule has 0 unspecified atom stereocenters. The smallest absolute Gasteiger partial charge is 0.387 e. The number of hydrogen-bond acceptors (Lipinski definition) is 5. The number of ether oxygens (including phenoxy) is 1. The molecule has 0 fully saturated rings. The Bertz CT molecular complexity index is 633. The minimum absolute atomic E-state index is 0.152. The first-order valence-corrected chi connectivity index (χ1v) is 6.90. The van der Waals surface area contributed by atoms with E-state index in [0.717, 1.165) is 16.6 Å². The van der Waals surface area contributed by atoms with Crippen LogP contribution in [-0.4, -0.2) is 18.6 Å². The highest BCUT2D eigenvalue weighted by Crippen LogP contribution is 2.32. The van der Waals surface area contributed by atoms with Crippen LogP contribution in [0.3, 0.4) is 0 Å². The number of alkyl halides is 2. The highest BCUT2D eigenvalue weighted by molar-refractivity contribution is 7.09. The molecule has 1 heterocycles. The molecular formula is C13H14F3N3OS. The Balaban J connectivity index is 2.27. The van der Waals surface area contributed by atoms with Crippen LogP contribution in [0, 0.1) is 12.7 Å². The van der Waals surface area contributed by atoms with E-state index in [1.165, 1.54) is 17.4 Å². The van der Waals surface area contributed by atoms with Gasteiger partial charge in [-0.3, -0.25) is 0 Å². The van der Waals surface area contributed by atoms with Gasteiger partial charge < -0.3 is 15.4 Å². The number of benzene rings is 1. The summed E-state index contributed by atoms with van der Waals surface area (Å²) in [5.41, 5.74) is 8.93. The topological polar surface area (TPSA) is 51.4 Å². The predicted octanol–water partition coefficient (Wildman–Crippen LogP) is 3.41. The minimum Gasteiger partial charge on any atom is -0.432 e. The van der Waals surface area contributed by atoms with E-state index in [0.29, 0.717) is 12.2 Å². The minimum atomic E-state index is -3.09. The number of halogens is 3. The highest BCUT2D eigenvalue weighted by atomic mass is 32.1. The third-order valence-electron chi connectivity index (χ3n) is 2.93. The Labute approximate surface area is 124 Å². The summed E-state index contributed by atoms with van der Waals surface area (Å²) in [6.07, 6.45) is 0. The molecule has 0 saturated heterocycles. The van der Waals surface area contributed by atoms with Crippen molar-refractivity contribution in [3.8, 4) is 5.75 Å². The molecule has 21 heavy (non-hydrogen) atoms. The third-order valence-corrected chi connectivity index (χ3v) is 3.85. The molecule has 0 aliphatic carbocycles. The number of nitrogen functional groups attached to an aromatic ring is 1. The van der Waals surface area contributed by atoms with E-state index in [1.54, 1.807) is 17.5 Å². The number of anilines is 2. The van der Waals surface area contributed by atoms with Gasteiger partial charge in [0.05, 0.1) is 29.1 Å². The highest BCUT2D eigenvalue weighted by Gasteiger charge is 2.16. The van der Waals surface area contributed by atoms with Crippen molar-refractivity contribution in [1.29, 1.82) is 0 Å². The monoisotopic (exact) mass is 317 g/mol. The van der Waals surface area contributed by atoms with Crippen molar-refractivity contribution in [2.24, 2.45) is 0 Å². The van der Waals surface area contributed by atoms with E-state index >= 15 is 0 Å². The van der Waals surface area contributed by atoms with Gasteiger partial charge in [-0.25, -0.2) is 9.37 Å². The lowest BCUT2D eigenvalue weighted by Crippen LogP contribution is -2.18. The van der Waals surface area contributed by atoms with Crippen LogP contribution < -0.4 is 15.4 Å². The van der Waals surface area contributed by atoms with Gasteiger partial charge in [0.1, 0.15) is 0 Å². The van der Waals surface area contributed by atoms with Crippen molar-refractivity contribution in [3.63, 3.8) is 0 Å². The van der Waals surface area contributed by atoms with E-state index in [-0.39, 0.29) is 5.69 Å². The second-order valence-corrected chi connectivity index (χ2v) is 5.38. The van der Waals surface area contributed by atoms with E-state index in [1.807, 2.05) is 6.92 Å². The molecule has 0 atom stereocenters. The van der Waals surface area contributed by atoms with Crippen LogP contribution in [0.2, 0.25) is 0 Å². The fourth-order valence-corrected chi connectivity index (χ4v) is 2.68. The van der Waals surface area contributed by atoms with Crippen LogP contribution in [-0.2, 0) is 6.54 Å². The Hall–Kier alpha value is -1.96. The number of thiazole rings is 1. The van der Waals surface area contributed by atoms with E-state index < -0.39 is 18.2 Å². The van der Waals surface area contributed by atoms with Crippen LogP contribution in [0.25, 0.3) is 0 Å². The van der Waals surface area contributed by atoms with Crippen molar-refractivity contribution >= 4 is 22.7 Å². The Morgan fingerprint density at radius 2 is 2.14 bits per heavy atom. The van der Waals surface area contributed by atoms with Crippen molar-refractivity contribution in [2.45, 2.75) is 20.1 Å². The summed E-state index contributed by atoms with van der Waals surface area (Å²) in [7, 11) is 1.73. The van der Waals surface area contributed by atoms with Gasteiger partial charge in [0.15, 0.2) is 11.6 Å². The van der Waals surface area contributed by atoms with Gasteiger partial charge >= 0.3 is 6.61 Å². The first kappa shape index (κ1) is 15.4. The number of hydrogen-bond donors (Lipinski definition) is 1. The third kappa shape index (κ3) is 3.57. The lowest BCUT2D eigenvalue weighted by molar-refractivity contribution is -0.0521. The maximum absolute atomic E-state index is 13.5. The Kier molecular flexibility index (Phi) is 4.56. The summed E-state index contributed by atoms with van der Waals surface area (Å²) in [6.45, 7) is -0.732. The maximum atomic E-state index is 13.5. The van der Waals surface area contributed by atoms with E-state index in [2.05, 4.69) is 9.72 Å². The second-order valence-electron chi connectivity index (χ2n) is 4.44. The van der Waals surface area contributed by atoms with Gasteiger partial charge in [0, 0.05) is 24.1 Å². The normalized spacial score (nSPS) is 11.0. The summed E-state index contributed by atoms with van der Waals surface area (Å²) >= 11 is 1.48. The molecule has 0 aliphatic heterocycles. The standard InChI is InChI=1S/C13H14F3N3OS/c1-7-12(21-6-18-7)5-19(2)10-4-11(20-13(15)16)8(14)3-9(10)17/h3-4,6,13H,5,17H2,1-2H3. The first-order valence-electron chi connectivity index (χ1n) is 6.02. The number of nitrogens with zero attached hydrogens (tertiary/aromatic N) is 2. The average molecular weight is 317 g/mol. The number of rotatable bonds is 5. The molecule has 2 rings (SSSR count). The number of nitrogens with two attached hydrogens (primary N) is 1. The van der Waals surface area contributed by atoms with Crippen molar-refractivity contribution in [3.05, 3.63) is 34.0 Å². The summed E-state index contributed by atoms with van der Waals surface area (Å²) in [6, 6.07) is 2.15. The quantitative estimate of drug-likeness (QED) is 0.859. The van der Waals surface area contributed by atoms with Gasteiger partial charge in [-0.05, 0) is 6.92 Å². The predicted molar refractivity (Wildman–Crippen MR) is 76.4 cm³/mol. The lowest BCUT2D eigenvalue weighted by atomic mass is 10.2. The van der Waals surface area contributed by atoms with Gasteiger partial charge in [0.25, 0.3) is 0 Å². The van der Waals surface area contributed by atoms with Gasteiger partial charge in [0.2, 0.25) is 0 Å². The summed E-state index contributed by atoms with van der Waals surface area (Å²) < 4.78 is 42.2. The molecule has 0 saturated carbocycles. The Morgan fingerprint density at radius 3 is 2.71 bits per heavy atom. The van der Waals surface area contributed by atoms with Crippen LogP contribution in [0.15, 0.2) is 17.6 Å². The van der Waals surface area contributed by atoms with E-state index in [4.69, 9.17) is 5.73 Å². The SMILES string of the molecule is Cc1ncsc1CN(C)c1cc(OC(F)F)c(F)cc1N. The van der Waals surface area contributed by atoms with E-state index in [9.17, 15) is 13.2 Å². The number of aryl methyl sites for hydroxylation is 1. The molecule has 0 radical (unpaired) electrons. The summed E-state index contributed by atoms with van der Waals surface area (Å²) in [5, 5.41) is 0. The van der Waals surface area contributed by atoms with Crippen LogP contribution >= 0.6 is 11.3 Å².